The summed E-state index contributed by atoms with van der Waals surface area (Å²) in [6, 6.07) is 3.87. The van der Waals surface area contributed by atoms with Gasteiger partial charge in [-0.3, -0.25) is 9.89 Å². The Morgan fingerprint density at radius 3 is 2.82 bits per heavy atom. The second-order valence-electron chi connectivity index (χ2n) is 7.75. The van der Waals surface area contributed by atoms with Gasteiger partial charge in [0, 0.05) is 42.9 Å². The summed E-state index contributed by atoms with van der Waals surface area (Å²) in [4.78, 5) is 26.1. The Morgan fingerprint density at radius 2 is 2.14 bits per heavy atom. The molecule has 1 aliphatic rings. The molecule has 1 fully saturated rings. The minimum atomic E-state index is -0.205. The number of aromatic nitrogens is 3. The molecule has 3 amide bonds. The molecule has 0 unspecified atom stereocenters. The van der Waals surface area contributed by atoms with Crippen molar-refractivity contribution in [2.45, 2.75) is 64.5 Å². The van der Waals surface area contributed by atoms with Crippen molar-refractivity contribution in [2.24, 2.45) is 0 Å². The van der Waals surface area contributed by atoms with Gasteiger partial charge < -0.3 is 20.1 Å². The van der Waals surface area contributed by atoms with E-state index in [1.807, 2.05) is 33.9 Å². The lowest BCUT2D eigenvalue weighted by atomic mass is 10.0. The first-order valence-electron chi connectivity index (χ1n) is 9.62. The highest BCUT2D eigenvalue weighted by atomic mass is 16.5. The maximum absolute atomic E-state index is 12.2. The number of carbonyl (C=O) groups is 2. The van der Waals surface area contributed by atoms with Gasteiger partial charge in [0.05, 0.1) is 12.1 Å². The second kappa shape index (κ2) is 8.45. The average Bonchev–Trinajstić information content (AvgIpc) is 3.34. The van der Waals surface area contributed by atoms with Gasteiger partial charge in [-0.05, 0) is 40.0 Å². The lowest BCUT2D eigenvalue weighted by Crippen LogP contribution is -2.45. The van der Waals surface area contributed by atoms with Gasteiger partial charge in [0.25, 0.3) is 0 Å². The molecule has 1 aliphatic carbocycles. The van der Waals surface area contributed by atoms with Crippen LogP contribution in [0.3, 0.4) is 0 Å². The minimum absolute atomic E-state index is 0.0409. The van der Waals surface area contributed by atoms with Gasteiger partial charge in [-0.15, -0.1) is 0 Å². The number of hydrogen-bond donors (Lipinski definition) is 3. The highest BCUT2D eigenvalue weighted by molar-refractivity contribution is 5.91. The zero-order valence-corrected chi connectivity index (χ0v) is 16.8. The van der Waals surface area contributed by atoms with E-state index in [0.29, 0.717) is 11.6 Å². The zero-order valence-electron chi connectivity index (χ0n) is 16.8. The molecule has 9 heteroatoms. The molecule has 152 valence electrons. The van der Waals surface area contributed by atoms with E-state index in [0.717, 1.165) is 30.7 Å². The Kier molecular flexibility index (Phi) is 6.01. The number of H-pyrrole nitrogens is 1. The molecule has 1 saturated carbocycles. The molecule has 0 aromatic carbocycles. The summed E-state index contributed by atoms with van der Waals surface area (Å²) in [6.45, 7) is 5.71. The predicted octanol–water partition coefficient (Wildman–Crippen LogP) is 2.57. The molecule has 0 aliphatic heterocycles. The SMILES string of the molecule is Cc1cc(CC(=O)Nc2cc([C@@H]3CC[C@H](N(C)C(=O)NC(C)C)C3)[nH]n2)on1. The Labute approximate surface area is 164 Å². The first-order chi connectivity index (χ1) is 13.3. The Hall–Kier alpha value is -2.84. The molecule has 0 spiro atoms. The highest BCUT2D eigenvalue weighted by Gasteiger charge is 2.32. The van der Waals surface area contributed by atoms with Crippen LogP contribution in [0.2, 0.25) is 0 Å². The van der Waals surface area contributed by atoms with Crippen molar-refractivity contribution in [3.05, 3.63) is 29.3 Å². The molecule has 2 aromatic heterocycles. The lowest BCUT2D eigenvalue weighted by Gasteiger charge is -2.26. The molecule has 0 bridgehead atoms. The standard InChI is InChI=1S/C19H28N6O3/c1-11(2)20-19(27)25(4)14-6-5-13(8-14)16-10-17(23-22-16)21-18(26)9-15-7-12(3)24-28-15/h7,10-11,13-14H,5-6,8-9H2,1-4H3,(H,20,27)(H2,21,22,23,26)/t13-,14+/m1/s1. The summed E-state index contributed by atoms with van der Waals surface area (Å²) in [5.74, 6) is 1.09. The average molecular weight is 388 g/mol. The summed E-state index contributed by atoms with van der Waals surface area (Å²) in [5, 5.41) is 16.7. The molecule has 28 heavy (non-hydrogen) atoms. The minimum Gasteiger partial charge on any atom is -0.361 e. The van der Waals surface area contributed by atoms with Crippen LogP contribution in [0.25, 0.3) is 0 Å². The number of urea groups is 1. The Balaban J connectivity index is 1.52. The van der Waals surface area contributed by atoms with Crippen LogP contribution in [-0.2, 0) is 11.2 Å². The van der Waals surface area contributed by atoms with Crippen LogP contribution in [0.15, 0.2) is 16.7 Å². The number of anilines is 1. The molecular formula is C19H28N6O3. The fraction of sp³-hybridized carbons (Fsp3) is 0.579. The smallest absolute Gasteiger partial charge is 0.317 e. The van der Waals surface area contributed by atoms with Crippen LogP contribution in [0.1, 0.15) is 56.2 Å². The summed E-state index contributed by atoms with van der Waals surface area (Å²) >= 11 is 0. The van der Waals surface area contributed by atoms with Crippen molar-refractivity contribution in [1.29, 1.82) is 0 Å². The van der Waals surface area contributed by atoms with Crippen molar-refractivity contribution < 1.29 is 14.1 Å². The van der Waals surface area contributed by atoms with Gasteiger partial charge in [0.2, 0.25) is 5.91 Å². The van der Waals surface area contributed by atoms with Crippen LogP contribution in [0.5, 0.6) is 0 Å². The van der Waals surface area contributed by atoms with Crippen molar-refractivity contribution in [1.82, 2.24) is 25.6 Å². The molecule has 2 atom stereocenters. The van der Waals surface area contributed by atoms with Crippen molar-refractivity contribution in [3.63, 3.8) is 0 Å². The van der Waals surface area contributed by atoms with Gasteiger partial charge in [-0.25, -0.2) is 4.79 Å². The van der Waals surface area contributed by atoms with E-state index < -0.39 is 0 Å². The van der Waals surface area contributed by atoms with Gasteiger partial charge in [-0.2, -0.15) is 5.10 Å². The van der Waals surface area contributed by atoms with Crippen LogP contribution in [-0.4, -0.2) is 51.3 Å². The fourth-order valence-electron chi connectivity index (χ4n) is 3.56. The topological polar surface area (TPSA) is 116 Å². The van der Waals surface area contributed by atoms with Crippen LogP contribution < -0.4 is 10.6 Å². The summed E-state index contributed by atoms with van der Waals surface area (Å²) in [7, 11) is 1.84. The van der Waals surface area contributed by atoms with Gasteiger partial charge in [-0.1, -0.05) is 5.16 Å². The van der Waals surface area contributed by atoms with E-state index in [-0.39, 0.29) is 36.4 Å². The van der Waals surface area contributed by atoms with Gasteiger partial charge in [0.15, 0.2) is 5.82 Å². The van der Waals surface area contributed by atoms with E-state index in [4.69, 9.17) is 4.52 Å². The van der Waals surface area contributed by atoms with Gasteiger partial charge in [0.1, 0.15) is 5.76 Å². The summed E-state index contributed by atoms with van der Waals surface area (Å²) in [6.07, 6.45) is 2.90. The third-order valence-corrected chi connectivity index (χ3v) is 5.00. The number of aromatic amines is 1. The monoisotopic (exact) mass is 388 g/mol. The number of nitrogens with one attached hydrogen (secondary N) is 3. The van der Waals surface area contributed by atoms with E-state index >= 15 is 0 Å². The molecule has 3 N–H and O–H groups in total. The maximum Gasteiger partial charge on any atom is 0.317 e. The quantitative estimate of drug-likeness (QED) is 0.703. The first-order valence-corrected chi connectivity index (χ1v) is 9.62. The largest absolute Gasteiger partial charge is 0.361 e. The maximum atomic E-state index is 12.2. The number of nitrogens with zero attached hydrogens (tertiary/aromatic N) is 3. The third-order valence-electron chi connectivity index (χ3n) is 5.00. The lowest BCUT2D eigenvalue weighted by molar-refractivity contribution is -0.115. The second-order valence-corrected chi connectivity index (χ2v) is 7.75. The normalized spacial score (nSPS) is 19.0. The van der Waals surface area contributed by atoms with Gasteiger partial charge >= 0.3 is 6.03 Å². The van der Waals surface area contributed by atoms with E-state index in [2.05, 4.69) is 26.0 Å². The van der Waals surface area contributed by atoms with Crippen LogP contribution in [0, 0.1) is 6.92 Å². The fourth-order valence-corrected chi connectivity index (χ4v) is 3.56. The molecule has 9 nitrogen and oxygen atoms in total. The summed E-state index contributed by atoms with van der Waals surface area (Å²) in [5.41, 5.74) is 1.72. The van der Waals surface area contributed by atoms with E-state index in [9.17, 15) is 9.59 Å². The number of carbonyl (C=O) groups excluding carboxylic acids is 2. The molecule has 2 aromatic rings. The van der Waals surface area contributed by atoms with Crippen molar-refractivity contribution in [3.8, 4) is 0 Å². The highest BCUT2D eigenvalue weighted by Crippen LogP contribution is 2.36. The number of amides is 3. The van der Waals surface area contributed by atoms with Crippen molar-refractivity contribution >= 4 is 17.8 Å². The number of hydrogen-bond acceptors (Lipinski definition) is 5. The van der Waals surface area contributed by atoms with Crippen LogP contribution in [0.4, 0.5) is 10.6 Å². The van der Waals surface area contributed by atoms with E-state index in [1.165, 1.54) is 0 Å². The zero-order chi connectivity index (χ0) is 20.3. The molecule has 0 radical (unpaired) electrons. The third kappa shape index (κ3) is 4.90. The Bertz CT molecular complexity index is 827. The van der Waals surface area contributed by atoms with E-state index in [1.54, 1.807) is 11.0 Å². The Morgan fingerprint density at radius 1 is 1.36 bits per heavy atom. The molecular weight excluding hydrogens is 360 g/mol. The molecule has 2 heterocycles. The van der Waals surface area contributed by atoms with Crippen LogP contribution >= 0.6 is 0 Å². The van der Waals surface area contributed by atoms with Crippen molar-refractivity contribution in [2.75, 3.05) is 12.4 Å². The molecule has 3 rings (SSSR count). The first kappa shape index (κ1) is 19.9. The summed E-state index contributed by atoms with van der Waals surface area (Å²) < 4.78 is 5.06. The molecule has 0 saturated heterocycles. The number of rotatable bonds is 6. The predicted molar refractivity (Wildman–Crippen MR) is 104 cm³/mol. The number of aryl methyl sites for hydroxylation is 1.